The summed E-state index contributed by atoms with van der Waals surface area (Å²) < 4.78 is 11.0. The first kappa shape index (κ1) is 5.73. The SMILES string of the molecule is COc1cc2scnc2o1. The van der Waals surface area contributed by atoms with E-state index in [1.54, 1.807) is 12.6 Å². The zero-order valence-electron chi connectivity index (χ0n) is 5.33. The van der Waals surface area contributed by atoms with E-state index in [-0.39, 0.29) is 0 Å². The highest BCUT2D eigenvalue weighted by Gasteiger charge is 2.03. The Balaban J connectivity index is 2.67. The van der Waals surface area contributed by atoms with Crippen LogP contribution in [0.3, 0.4) is 0 Å². The third kappa shape index (κ3) is 0.690. The van der Waals surface area contributed by atoms with Gasteiger partial charge in [-0.1, -0.05) is 0 Å². The van der Waals surface area contributed by atoms with E-state index >= 15 is 0 Å². The van der Waals surface area contributed by atoms with Crippen LogP contribution < -0.4 is 4.74 Å². The van der Waals surface area contributed by atoms with Gasteiger partial charge >= 0.3 is 0 Å². The van der Waals surface area contributed by atoms with E-state index in [4.69, 9.17) is 9.15 Å². The maximum Gasteiger partial charge on any atom is 0.287 e. The summed E-state index contributed by atoms with van der Waals surface area (Å²) in [5.74, 6) is 0.523. The van der Waals surface area contributed by atoms with Gasteiger partial charge in [0.15, 0.2) is 0 Å². The number of fused-ring (bicyclic) bond motifs is 1. The van der Waals surface area contributed by atoms with E-state index in [0.29, 0.717) is 11.7 Å². The molecule has 0 spiro atoms. The number of hydrogen-bond donors (Lipinski definition) is 0. The zero-order chi connectivity index (χ0) is 6.97. The summed E-state index contributed by atoms with van der Waals surface area (Å²) in [6, 6.07) is 1.83. The van der Waals surface area contributed by atoms with Crippen molar-refractivity contribution >= 4 is 21.8 Å². The Morgan fingerprint density at radius 3 is 3.30 bits per heavy atom. The van der Waals surface area contributed by atoms with Crippen molar-refractivity contribution in [3.8, 4) is 5.95 Å². The lowest BCUT2D eigenvalue weighted by atomic mass is 10.6. The molecule has 2 aromatic rings. The molecule has 0 N–H and O–H groups in total. The van der Waals surface area contributed by atoms with Crippen molar-refractivity contribution in [2.75, 3.05) is 7.11 Å². The maximum absolute atomic E-state index is 5.13. The first-order valence-electron chi connectivity index (χ1n) is 2.77. The molecule has 0 aliphatic heterocycles. The van der Waals surface area contributed by atoms with E-state index in [0.717, 1.165) is 4.70 Å². The fraction of sp³-hybridized carbons (Fsp3) is 0.167. The number of rotatable bonds is 1. The monoisotopic (exact) mass is 155 g/mol. The van der Waals surface area contributed by atoms with E-state index in [2.05, 4.69) is 4.98 Å². The summed E-state index contributed by atoms with van der Waals surface area (Å²) >= 11 is 1.54. The van der Waals surface area contributed by atoms with Crippen molar-refractivity contribution in [2.45, 2.75) is 0 Å². The third-order valence-corrected chi connectivity index (χ3v) is 1.97. The average molecular weight is 155 g/mol. The molecule has 0 aromatic carbocycles. The minimum absolute atomic E-state index is 0.523. The van der Waals surface area contributed by atoms with Gasteiger partial charge in [-0.05, 0) is 0 Å². The minimum Gasteiger partial charge on any atom is -0.468 e. The number of ether oxygens (including phenoxy) is 1. The molecular formula is C6H5NO2S. The second kappa shape index (κ2) is 1.98. The number of aromatic nitrogens is 1. The molecule has 2 aromatic heterocycles. The van der Waals surface area contributed by atoms with Gasteiger partial charge in [-0.3, -0.25) is 0 Å². The molecule has 3 nitrogen and oxygen atoms in total. The van der Waals surface area contributed by atoms with Crippen molar-refractivity contribution < 1.29 is 9.15 Å². The lowest BCUT2D eigenvalue weighted by Gasteiger charge is -1.86. The molecule has 52 valence electrons. The zero-order valence-corrected chi connectivity index (χ0v) is 6.14. The van der Waals surface area contributed by atoms with Crippen molar-refractivity contribution in [1.29, 1.82) is 0 Å². The highest BCUT2D eigenvalue weighted by molar-refractivity contribution is 7.16. The summed E-state index contributed by atoms with van der Waals surface area (Å²) in [5.41, 5.74) is 2.40. The average Bonchev–Trinajstić information content (AvgIpc) is 2.42. The first-order chi connectivity index (χ1) is 4.90. The van der Waals surface area contributed by atoms with Gasteiger partial charge in [0, 0.05) is 6.07 Å². The number of methoxy groups -OCH3 is 1. The van der Waals surface area contributed by atoms with Gasteiger partial charge in [-0.2, -0.15) is 0 Å². The fourth-order valence-electron chi connectivity index (χ4n) is 0.750. The molecule has 0 aliphatic rings. The number of furan rings is 1. The molecule has 0 bridgehead atoms. The van der Waals surface area contributed by atoms with Crippen LogP contribution in [0.15, 0.2) is 16.0 Å². The second-order valence-electron chi connectivity index (χ2n) is 1.79. The molecule has 0 amide bonds. The smallest absolute Gasteiger partial charge is 0.287 e. The summed E-state index contributed by atoms with van der Waals surface area (Å²) in [7, 11) is 1.57. The molecule has 2 heterocycles. The Kier molecular flexibility index (Phi) is 1.14. The van der Waals surface area contributed by atoms with Gasteiger partial charge in [0.05, 0.1) is 17.3 Å². The van der Waals surface area contributed by atoms with Crippen LogP contribution in [0.2, 0.25) is 0 Å². The van der Waals surface area contributed by atoms with Gasteiger partial charge in [-0.25, -0.2) is 4.98 Å². The van der Waals surface area contributed by atoms with Gasteiger partial charge < -0.3 is 9.15 Å². The van der Waals surface area contributed by atoms with E-state index in [1.165, 1.54) is 11.3 Å². The van der Waals surface area contributed by atoms with E-state index in [1.807, 2.05) is 6.07 Å². The number of hydrogen-bond acceptors (Lipinski definition) is 4. The molecule has 2 rings (SSSR count). The molecule has 0 saturated carbocycles. The second-order valence-corrected chi connectivity index (χ2v) is 2.68. The van der Waals surface area contributed by atoms with Crippen molar-refractivity contribution in [3.05, 3.63) is 11.6 Å². The molecule has 4 heteroatoms. The van der Waals surface area contributed by atoms with Crippen LogP contribution in [0.4, 0.5) is 0 Å². The van der Waals surface area contributed by atoms with Gasteiger partial charge in [-0.15, -0.1) is 11.3 Å². The molecule has 0 saturated heterocycles. The molecule has 0 radical (unpaired) electrons. The van der Waals surface area contributed by atoms with Crippen LogP contribution in [-0.4, -0.2) is 12.1 Å². The summed E-state index contributed by atoms with van der Waals surface area (Å²) in [4.78, 5) is 3.96. The summed E-state index contributed by atoms with van der Waals surface area (Å²) in [6.07, 6.45) is 0. The van der Waals surface area contributed by atoms with Crippen molar-refractivity contribution in [2.24, 2.45) is 0 Å². The first-order valence-corrected chi connectivity index (χ1v) is 3.65. The Bertz CT molecular complexity index is 309. The number of thiazole rings is 1. The Morgan fingerprint density at radius 1 is 1.70 bits per heavy atom. The van der Waals surface area contributed by atoms with Crippen LogP contribution in [0, 0.1) is 0 Å². The quantitative estimate of drug-likeness (QED) is 0.630. The standard InChI is InChI=1S/C6H5NO2S/c1-8-5-2-4-6(9-5)7-3-10-4/h2-3H,1H3. The predicted octanol–water partition coefficient (Wildman–Crippen LogP) is 1.90. The van der Waals surface area contributed by atoms with Crippen LogP contribution in [0.1, 0.15) is 0 Å². The molecule has 0 aliphatic carbocycles. The lowest BCUT2D eigenvalue weighted by Crippen LogP contribution is -1.75. The number of nitrogens with zero attached hydrogens (tertiary/aromatic N) is 1. The summed E-state index contributed by atoms with van der Waals surface area (Å²) in [6.45, 7) is 0. The predicted molar refractivity (Wildman–Crippen MR) is 38.4 cm³/mol. The van der Waals surface area contributed by atoms with Crippen molar-refractivity contribution in [3.63, 3.8) is 0 Å². The van der Waals surface area contributed by atoms with E-state index in [9.17, 15) is 0 Å². The third-order valence-electron chi connectivity index (χ3n) is 1.21. The van der Waals surface area contributed by atoms with E-state index < -0.39 is 0 Å². The lowest BCUT2D eigenvalue weighted by molar-refractivity contribution is 0.314. The van der Waals surface area contributed by atoms with Crippen LogP contribution in [0.25, 0.3) is 10.4 Å². The minimum atomic E-state index is 0.523. The molecule has 10 heavy (non-hydrogen) atoms. The van der Waals surface area contributed by atoms with Crippen LogP contribution in [0.5, 0.6) is 5.95 Å². The largest absolute Gasteiger partial charge is 0.468 e. The van der Waals surface area contributed by atoms with Crippen molar-refractivity contribution in [1.82, 2.24) is 4.98 Å². The normalized spacial score (nSPS) is 10.5. The molecular weight excluding hydrogens is 150 g/mol. The Labute approximate surface area is 61.2 Å². The Hall–Kier alpha value is -1.03. The Morgan fingerprint density at radius 2 is 2.60 bits per heavy atom. The van der Waals surface area contributed by atoms with Crippen LogP contribution in [-0.2, 0) is 0 Å². The maximum atomic E-state index is 5.13. The van der Waals surface area contributed by atoms with Gasteiger partial charge in [0.2, 0.25) is 5.71 Å². The molecule has 0 fully saturated rings. The molecule has 0 unspecified atom stereocenters. The van der Waals surface area contributed by atoms with Gasteiger partial charge in [0.1, 0.15) is 0 Å². The highest BCUT2D eigenvalue weighted by Crippen LogP contribution is 2.26. The molecule has 0 atom stereocenters. The topological polar surface area (TPSA) is 35.3 Å². The van der Waals surface area contributed by atoms with Crippen LogP contribution >= 0.6 is 11.3 Å². The summed E-state index contributed by atoms with van der Waals surface area (Å²) in [5, 5.41) is 0. The highest BCUT2D eigenvalue weighted by atomic mass is 32.1. The van der Waals surface area contributed by atoms with Gasteiger partial charge in [0.25, 0.3) is 5.95 Å². The fourth-order valence-corrected chi connectivity index (χ4v) is 1.37.